The van der Waals surface area contributed by atoms with Crippen LogP contribution in [-0.2, 0) is 9.53 Å². The first-order valence-corrected chi connectivity index (χ1v) is 6.45. The summed E-state index contributed by atoms with van der Waals surface area (Å²) < 4.78 is 10.5. The van der Waals surface area contributed by atoms with Crippen molar-refractivity contribution in [2.45, 2.75) is 32.8 Å². The first kappa shape index (κ1) is 15.8. The van der Waals surface area contributed by atoms with Crippen LogP contribution in [0, 0.1) is 0 Å². The smallest absolute Gasteiger partial charge is 0.347 e. The summed E-state index contributed by atoms with van der Waals surface area (Å²) in [5.41, 5.74) is 6.07. The molecule has 0 bridgehead atoms. The average molecular weight is 281 g/mol. The number of esters is 1. The van der Waals surface area contributed by atoms with Crippen LogP contribution in [0.1, 0.15) is 37.0 Å². The summed E-state index contributed by atoms with van der Waals surface area (Å²) in [6.45, 7) is 3.87. The van der Waals surface area contributed by atoms with Gasteiger partial charge < -0.3 is 20.3 Å². The molecule has 0 fully saturated rings. The van der Waals surface area contributed by atoms with Gasteiger partial charge in [0.1, 0.15) is 5.75 Å². The number of carboxylic acid groups (broad SMARTS) is 1. The third-order valence-corrected chi connectivity index (χ3v) is 2.63. The molecule has 1 atom stereocenters. The molecule has 1 unspecified atom stereocenters. The molecule has 20 heavy (non-hydrogen) atoms. The molecule has 0 saturated carbocycles. The Balaban J connectivity index is 2.95. The Labute approximate surface area is 117 Å². The van der Waals surface area contributed by atoms with Crippen molar-refractivity contribution in [3.05, 3.63) is 23.8 Å². The Morgan fingerprint density at radius 2 is 2.05 bits per heavy atom. The van der Waals surface area contributed by atoms with Gasteiger partial charge in [0.2, 0.25) is 0 Å². The van der Waals surface area contributed by atoms with Crippen molar-refractivity contribution < 1.29 is 24.2 Å². The molecular weight excluding hydrogens is 262 g/mol. The number of carbonyl (C=O) groups is 2. The summed E-state index contributed by atoms with van der Waals surface area (Å²) in [5, 5.41) is 8.94. The topological polar surface area (TPSA) is 98.9 Å². The molecule has 0 aliphatic carbocycles. The van der Waals surface area contributed by atoms with Crippen LogP contribution in [-0.4, -0.2) is 29.8 Å². The predicted octanol–water partition coefficient (Wildman–Crippen LogP) is 2.08. The molecule has 0 aliphatic heterocycles. The van der Waals surface area contributed by atoms with E-state index < -0.39 is 18.0 Å². The highest BCUT2D eigenvalue weighted by molar-refractivity contribution is 5.89. The molecule has 0 saturated heterocycles. The van der Waals surface area contributed by atoms with Crippen molar-refractivity contribution in [1.29, 1.82) is 0 Å². The summed E-state index contributed by atoms with van der Waals surface area (Å²) in [4.78, 5) is 22.7. The molecule has 0 amide bonds. The third-order valence-electron chi connectivity index (χ3n) is 2.63. The molecule has 0 heterocycles. The van der Waals surface area contributed by atoms with Gasteiger partial charge >= 0.3 is 11.9 Å². The number of rotatable bonds is 7. The molecule has 1 aromatic carbocycles. The fourth-order valence-corrected chi connectivity index (χ4v) is 1.65. The van der Waals surface area contributed by atoms with Crippen LogP contribution >= 0.6 is 0 Å². The van der Waals surface area contributed by atoms with E-state index in [0.29, 0.717) is 6.42 Å². The SMILES string of the molecule is CCCC(Oc1cc(C(=O)O)ccc1N)C(=O)OCC. The van der Waals surface area contributed by atoms with Gasteiger partial charge in [-0.05, 0) is 31.5 Å². The van der Waals surface area contributed by atoms with Crippen molar-refractivity contribution in [1.82, 2.24) is 0 Å². The van der Waals surface area contributed by atoms with Crippen LogP contribution in [0.3, 0.4) is 0 Å². The van der Waals surface area contributed by atoms with Crippen molar-refractivity contribution in [2.75, 3.05) is 12.3 Å². The Hall–Kier alpha value is -2.24. The lowest BCUT2D eigenvalue weighted by molar-refractivity contribution is -0.151. The summed E-state index contributed by atoms with van der Waals surface area (Å²) >= 11 is 0. The highest BCUT2D eigenvalue weighted by atomic mass is 16.6. The van der Waals surface area contributed by atoms with Gasteiger partial charge in [0, 0.05) is 0 Å². The first-order valence-electron chi connectivity index (χ1n) is 6.45. The number of carbonyl (C=O) groups excluding carboxylic acids is 1. The molecule has 1 aromatic rings. The van der Waals surface area contributed by atoms with Crippen LogP contribution in [0.4, 0.5) is 5.69 Å². The summed E-state index contributed by atoms with van der Waals surface area (Å²) in [7, 11) is 0. The maximum atomic E-state index is 11.8. The van der Waals surface area contributed by atoms with Gasteiger partial charge in [0.25, 0.3) is 0 Å². The Morgan fingerprint density at radius 1 is 1.35 bits per heavy atom. The Morgan fingerprint density at radius 3 is 2.60 bits per heavy atom. The highest BCUT2D eigenvalue weighted by Crippen LogP contribution is 2.25. The minimum Gasteiger partial charge on any atom is -0.478 e. The zero-order chi connectivity index (χ0) is 15.1. The van der Waals surface area contributed by atoms with Gasteiger partial charge in [-0.3, -0.25) is 0 Å². The number of nitrogens with two attached hydrogens (primary N) is 1. The normalized spacial score (nSPS) is 11.7. The lowest BCUT2D eigenvalue weighted by Gasteiger charge is -2.18. The van der Waals surface area contributed by atoms with Gasteiger partial charge in [0.15, 0.2) is 6.10 Å². The van der Waals surface area contributed by atoms with E-state index in [1.54, 1.807) is 6.92 Å². The average Bonchev–Trinajstić information content (AvgIpc) is 2.40. The van der Waals surface area contributed by atoms with Gasteiger partial charge in [-0.15, -0.1) is 0 Å². The van der Waals surface area contributed by atoms with E-state index in [9.17, 15) is 9.59 Å². The summed E-state index contributed by atoms with van der Waals surface area (Å²) in [6, 6.07) is 4.12. The van der Waals surface area contributed by atoms with Crippen LogP contribution in [0.2, 0.25) is 0 Å². The Bertz CT molecular complexity index is 486. The third kappa shape index (κ3) is 4.15. The fraction of sp³-hybridized carbons (Fsp3) is 0.429. The quantitative estimate of drug-likeness (QED) is 0.586. The number of carboxylic acids is 1. The number of benzene rings is 1. The molecule has 0 aromatic heterocycles. The largest absolute Gasteiger partial charge is 0.478 e. The van der Waals surface area contributed by atoms with Crippen LogP contribution in [0.25, 0.3) is 0 Å². The van der Waals surface area contributed by atoms with Gasteiger partial charge in [-0.25, -0.2) is 9.59 Å². The van der Waals surface area contributed by atoms with Crippen LogP contribution < -0.4 is 10.5 Å². The van der Waals surface area contributed by atoms with E-state index in [2.05, 4.69) is 0 Å². The molecule has 0 radical (unpaired) electrons. The lowest BCUT2D eigenvalue weighted by atomic mass is 10.1. The van der Waals surface area contributed by atoms with E-state index in [1.165, 1.54) is 18.2 Å². The van der Waals surface area contributed by atoms with Crippen LogP contribution in [0.5, 0.6) is 5.75 Å². The van der Waals surface area contributed by atoms with Crippen molar-refractivity contribution in [3.8, 4) is 5.75 Å². The molecule has 0 aliphatic rings. The van der Waals surface area contributed by atoms with Gasteiger partial charge in [0.05, 0.1) is 17.9 Å². The lowest BCUT2D eigenvalue weighted by Crippen LogP contribution is -2.29. The monoisotopic (exact) mass is 281 g/mol. The van der Waals surface area contributed by atoms with E-state index in [0.717, 1.165) is 6.42 Å². The predicted molar refractivity (Wildman–Crippen MR) is 73.8 cm³/mol. The number of ether oxygens (including phenoxy) is 2. The van der Waals surface area contributed by atoms with E-state index in [4.69, 9.17) is 20.3 Å². The van der Waals surface area contributed by atoms with E-state index >= 15 is 0 Å². The number of anilines is 1. The summed E-state index contributed by atoms with van der Waals surface area (Å²) in [6.07, 6.45) is 0.406. The van der Waals surface area contributed by atoms with Crippen molar-refractivity contribution in [3.63, 3.8) is 0 Å². The highest BCUT2D eigenvalue weighted by Gasteiger charge is 2.22. The molecule has 3 N–H and O–H groups in total. The van der Waals surface area contributed by atoms with Gasteiger partial charge in [-0.2, -0.15) is 0 Å². The number of hydrogen-bond acceptors (Lipinski definition) is 5. The molecule has 6 nitrogen and oxygen atoms in total. The molecule has 0 spiro atoms. The molecular formula is C14H19NO5. The number of aromatic carboxylic acids is 1. The maximum absolute atomic E-state index is 11.8. The molecule has 110 valence electrons. The molecule has 1 rings (SSSR count). The maximum Gasteiger partial charge on any atom is 0.347 e. The standard InChI is InChI=1S/C14H19NO5/c1-3-5-11(14(18)19-4-2)20-12-8-9(13(16)17)6-7-10(12)15/h6-8,11H,3-5,15H2,1-2H3,(H,16,17). The number of hydrogen-bond donors (Lipinski definition) is 2. The Kier molecular flexibility index (Phi) is 5.83. The zero-order valence-electron chi connectivity index (χ0n) is 11.6. The minimum atomic E-state index is -1.09. The zero-order valence-corrected chi connectivity index (χ0v) is 11.6. The molecule has 6 heteroatoms. The van der Waals surface area contributed by atoms with E-state index in [-0.39, 0.29) is 23.6 Å². The fourth-order valence-electron chi connectivity index (χ4n) is 1.65. The van der Waals surface area contributed by atoms with Crippen molar-refractivity contribution >= 4 is 17.6 Å². The second-order valence-corrected chi connectivity index (χ2v) is 4.20. The first-order chi connectivity index (χ1) is 9.49. The van der Waals surface area contributed by atoms with Gasteiger partial charge in [-0.1, -0.05) is 13.3 Å². The van der Waals surface area contributed by atoms with E-state index in [1.807, 2.05) is 6.92 Å². The second kappa shape index (κ2) is 7.37. The summed E-state index contributed by atoms with van der Waals surface area (Å²) in [5.74, 6) is -1.39. The van der Waals surface area contributed by atoms with Crippen LogP contribution in [0.15, 0.2) is 18.2 Å². The second-order valence-electron chi connectivity index (χ2n) is 4.20. The number of nitrogen functional groups attached to an aromatic ring is 1. The van der Waals surface area contributed by atoms with Crippen molar-refractivity contribution in [2.24, 2.45) is 0 Å². The minimum absolute atomic E-state index is 0.0494.